The summed E-state index contributed by atoms with van der Waals surface area (Å²) in [5.41, 5.74) is 0.590. The van der Waals surface area contributed by atoms with E-state index in [9.17, 15) is 4.39 Å². The minimum Gasteiger partial charge on any atom is -0.330 e. The molecule has 0 bridgehead atoms. The van der Waals surface area contributed by atoms with Crippen LogP contribution in [-0.2, 0) is 0 Å². The molecule has 5 heteroatoms. The van der Waals surface area contributed by atoms with Gasteiger partial charge in [0, 0.05) is 7.05 Å². The first-order chi connectivity index (χ1) is 8.13. The molecule has 1 aromatic rings. The Morgan fingerprint density at radius 3 is 2.65 bits per heavy atom. The van der Waals surface area contributed by atoms with Crippen LogP contribution in [0.1, 0.15) is 0 Å². The Morgan fingerprint density at radius 1 is 1.41 bits per heavy atom. The SMILES string of the molecule is C=C(N=Nc1ccc(F)cc1)N(C)C=C[NH2+]C. The van der Waals surface area contributed by atoms with Gasteiger partial charge in [0.25, 0.3) is 0 Å². The molecule has 0 heterocycles. The van der Waals surface area contributed by atoms with Crippen molar-refractivity contribution in [2.24, 2.45) is 10.2 Å². The summed E-state index contributed by atoms with van der Waals surface area (Å²) in [5, 5.41) is 9.80. The maximum absolute atomic E-state index is 12.6. The van der Waals surface area contributed by atoms with Crippen molar-refractivity contribution in [2.45, 2.75) is 0 Å². The number of nitrogens with zero attached hydrogens (tertiary/aromatic N) is 3. The van der Waals surface area contributed by atoms with E-state index in [1.807, 2.05) is 31.8 Å². The van der Waals surface area contributed by atoms with Crippen molar-refractivity contribution in [3.63, 3.8) is 0 Å². The highest BCUT2D eigenvalue weighted by Gasteiger charge is 1.96. The number of azo groups is 1. The lowest BCUT2D eigenvalue weighted by Gasteiger charge is -2.10. The van der Waals surface area contributed by atoms with E-state index in [1.165, 1.54) is 12.1 Å². The molecule has 0 spiro atoms. The third-order valence-corrected chi connectivity index (χ3v) is 2.02. The number of hydrogen-bond donors (Lipinski definition) is 1. The average Bonchev–Trinajstić information content (AvgIpc) is 2.34. The third-order valence-electron chi connectivity index (χ3n) is 2.02. The Morgan fingerprint density at radius 2 is 2.06 bits per heavy atom. The van der Waals surface area contributed by atoms with Gasteiger partial charge in [0.15, 0.2) is 0 Å². The van der Waals surface area contributed by atoms with E-state index in [1.54, 1.807) is 17.0 Å². The van der Waals surface area contributed by atoms with Gasteiger partial charge in [-0.05, 0) is 24.3 Å². The molecule has 2 N–H and O–H groups in total. The number of nitrogens with two attached hydrogens (primary N) is 1. The summed E-state index contributed by atoms with van der Waals surface area (Å²) in [4.78, 5) is 1.74. The average molecular weight is 235 g/mol. The van der Waals surface area contributed by atoms with Crippen LogP contribution < -0.4 is 5.32 Å². The molecule has 0 saturated carbocycles. The van der Waals surface area contributed by atoms with Crippen molar-refractivity contribution in [3.05, 3.63) is 54.9 Å². The van der Waals surface area contributed by atoms with E-state index >= 15 is 0 Å². The van der Waals surface area contributed by atoms with Crippen molar-refractivity contribution < 1.29 is 9.71 Å². The van der Waals surface area contributed by atoms with Gasteiger partial charge in [-0.2, -0.15) is 0 Å². The molecule has 0 aliphatic heterocycles. The lowest BCUT2D eigenvalue weighted by atomic mass is 10.3. The lowest BCUT2D eigenvalue weighted by Crippen LogP contribution is -2.72. The first kappa shape index (κ1) is 13.1. The second-order valence-corrected chi connectivity index (χ2v) is 3.38. The second kappa shape index (κ2) is 6.55. The summed E-state index contributed by atoms with van der Waals surface area (Å²) in [6, 6.07) is 5.79. The predicted octanol–water partition coefficient (Wildman–Crippen LogP) is 1.98. The molecule has 0 saturated heterocycles. The van der Waals surface area contributed by atoms with E-state index in [4.69, 9.17) is 0 Å². The van der Waals surface area contributed by atoms with Crippen molar-refractivity contribution in [2.75, 3.05) is 14.1 Å². The molecule has 0 radical (unpaired) electrons. The Balaban J connectivity index is 2.61. The highest BCUT2D eigenvalue weighted by Crippen LogP contribution is 2.14. The molecular formula is C12H16FN4+. The standard InChI is InChI=1S/C12H15FN4/c1-10(17(3)9-8-14-2)15-16-12-6-4-11(13)5-7-12/h4-9,14H,1H2,2-3H3/p+1. The van der Waals surface area contributed by atoms with Gasteiger partial charge in [-0.3, -0.25) is 0 Å². The molecule has 0 aliphatic rings. The van der Waals surface area contributed by atoms with Crippen LogP contribution in [0.4, 0.5) is 10.1 Å². The van der Waals surface area contributed by atoms with E-state index in [2.05, 4.69) is 16.8 Å². The summed E-state index contributed by atoms with van der Waals surface area (Å²) < 4.78 is 12.6. The van der Waals surface area contributed by atoms with Gasteiger partial charge < -0.3 is 10.2 Å². The summed E-state index contributed by atoms with van der Waals surface area (Å²) >= 11 is 0. The number of rotatable bonds is 5. The molecule has 4 nitrogen and oxygen atoms in total. The number of halogens is 1. The first-order valence-corrected chi connectivity index (χ1v) is 5.18. The maximum Gasteiger partial charge on any atom is 0.147 e. The zero-order valence-corrected chi connectivity index (χ0v) is 9.97. The van der Waals surface area contributed by atoms with Crippen LogP contribution in [0, 0.1) is 5.82 Å². The van der Waals surface area contributed by atoms with Gasteiger partial charge in [0.1, 0.15) is 17.8 Å². The quantitative estimate of drug-likeness (QED) is 0.779. The van der Waals surface area contributed by atoms with Gasteiger partial charge in [-0.1, -0.05) is 6.58 Å². The van der Waals surface area contributed by atoms with Crippen LogP contribution in [0.2, 0.25) is 0 Å². The molecule has 1 aromatic carbocycles. The number of quaternary nitrogens is 1. The fourth-order valence-electron chi connectivity index (χ4n) is 0.995. The smallest absolute Gasteiger partial charge is 0.147 e. The minimum atomic E-state index is -0.290. The van der Waals surface area contributed by atoms with Crippen molar-refractivity contribution >= 4 is 5.69 Å². The summed E-state index contributed by atoms with van der Waals surface area (Å²) in [6.45, 7) is 3.77. The molecule has 17 heavy (non-hydrogen) atoms. The predicted molar refractivity (Wildman–Crippen MR) is 64.8 cm³/mol. The first-order valence-electron chi connectivity index (χ1n) is 5.18. The van der Waals surface area contributed by atoms with E-state index in [0.29, 0.717) is 11.5 Å². The Hall–Kier alpha value is -2.01. The van der Waals surface area contributed by atoms with E-state index in [-0.39, 0.29) is 5.82 Å². The molecule has 90 valence electrons. The Bertz CT molecular complexity index is 423. The largest absolute Gasteiger partial charge is 0.330 e. The topological polar surface area (TPSA) is 44.6 Å². The zero-order valence-electron chi connectivity index (χ0n) is 9.97. The molecule has 0 unspecified atom stereocenters. The second-order valence-electron chi connectivity index (χ2n) is 3.38. The molecule has 1 rings (SSSR count). The van der Waals surface area contributed by atoms with Crippen LogP contribution >= 0.6 is 0 Å². The third kappa shape index (κ3) is 4.56. The fourth-order valence-corrected chi connectivity index (χ4v) is 0.995. The zero-order chi connectivity index (χ0) is 12.7. The van der Waals surface area contributed by atoms with E-state index < -0.39 is 0 Å². The minimum absolute atomic E-state index is 0.290. The van der Waals surface area contributed by atoms with E-state index in [0.717, 1.165) is 0 Å². The summed E-state index contributed by atoms with van der Waals surface area (Å²) in [6.07, 6.45) is 3.70. The number of benzene rings is 1. The molecule has 0 amide bonds. The van der Waals surface area contributed by atoms with Gasteiger partial charge in [0.05, 0.1) is 18.9 Å². The van der Waals surface area contributed by atoms with Gasteiger partial charge in [-0.15, -0.1) is 10.2 Å². The van der Waals surface area contributed by atoms with Gasteiger partial charge in [0.2, 0.25) is 0 Å². The van der Waals surface area contributed by atoms with Crippen molar-refractivity contribution in [3.8, 4) is 0 Å². The lowest BCUT2D eigenvalue weighted by molar-refractivity contribution is -0.557. The highest BCUT2D eigenvalue weighted by molar-refractivity contribution is 5.35. The normalized spacial score (nSPS) is 11.2. The maximum atomic E-state index is 12.6. The monoisotopic (exact) mass is 235 g/mol. The van der Waals surface area contributed by atoms with Crippen LogP contribution in [0.15, 0.2) is 59.3 Å². The van der Waals surface area contributed by atoms with Gasteiger partial charge in [-0.25, -0.2) is 4.39 Å². The van der Waals surface area contributed by atoms with Gasteiger partial charge >= 0.3 is 0 Å². The molecule has 0 aliphatic carbocycles. The summed E-state index contributed by atoms with van der Waals surface area (Å²) in [7, 11) is 3.75. The van der Waals surface area contributed by atoms with Crippen LogP contribution in [0.25, 0.3) is 0 Å². The highest BCUT2D eigenvalue weighted by atomic mass is 19.1. The van der Waals surface area contributed by atoms with Crippen LogP contribution in [-0.4, -0.2) is 19.0 Å². The molecule has 0 atom stereocenters. The van der Waals surface area contributed by atoms with Crippen molar-refractivity contribution in [1.29, 1.82) is 0 Å². The summed E-state index contributed by atoms with van der Waals surface area (Å²) in [5.74, 6) is 0.216. The van der Waals surface area contributed by atoms with Crippen molar-refractivity contribution in [1.82, 2.24) is 4.90 Å². The number of hydrogen-bond acceptors (Lipinski definition) is 3. The Labute approximate surface area is 100 Å². The van der Waals surface area contributed by atoms with Crippen LogP contribution in [0.5, 0.6) is 0 Å². The fraction of sp³-hybridized carbons (Fsp3) is 0.167. The Kier molecular flexibility index (Phi) is 5.03. The molecule has 0 aromatic heterocycles. The molecule has 0 fully saturated rings. The molecular weight excluding hydrogens is 219 g/mol. The van der Waals surface area contributed by atoms with Crippen LogP contribution in [0.3, 0.4) is 0 Å².